The molecule has 1 aliphatic rings. The van der Waals surface area contributed by atoms with Crippen LogP contribution in [-0.4, -0.2) is 67.3 Å². The molecule has 0 bridgehead atoms. The predicted molar refractivity (Wildman–Crippen MR) is 132 cm³/mol. The molecule has 1 aromatic heterocycles. The molecule has 4 N–H and O–H groups in total. The number of H-pyrrole nitrogens is 1. The zero-order chi connectivity index (χ0) is 23.0. The van der Waals surface area contributed by atoms with Gasteiger partial charge in [0.2, 0.25) is 5.91 Å². The van der Waals surface area contributed by atoms with Gasteiger partial charge in [0.25, 0.3) is 0 Å². The summed E-state index contributed by atoms with van der Waals surface area (Å²) >= 11 is 3.38. The molecule has 1 unspecified atom stereocenters. The highest BCUT2D eigenvalue weighted by Gasteiger charge is 2.23. The summed E-state index contributed by atoms with van der Waals surface area (Å²) in [6, 6.07) is 14.1. The van der Waals surface area contributed by atoms with Crippen LogP contribution >= 0.6 is 15.9 Å². The molecule has 3 amide bonds. The summed E-state index contributed by atoms with van der Waals surface area (Å²) in [5.41, 5.74) is 2.62. The average Bonchev–Trinajstić information content (AvgIpc) is 3.23. The van der Waals surface area contributed by atoms with Crippen LogP contribution in [0.1, 0.15) is 5.56 Å². The van der Waals surface area contributed by atoms with E-state index in [9.17, 15) is 9.59 Å². The van der Waals surface area contributed by atoms with E-state index in [1.165, 1.54) is 0 Å². The number of amides is 3. The fourth-order valence-electron chi connectivity index (χ4n) is 3.87. The Morgan fingerprint density at radius 2 is 1.85 bits per heavy atom. The summed E-state index contributed by atoms with van der Waals surface area (Å²) in [6.45, 7) is 4.42. The smallest absolute Gasteiger partial charge is 0.319 e. The third kappa shape index (κ3) is 6.56. The second kappa shape index (κ2) is 11.3. The fourth-order valence-corrected chi connectivity index (χ4v) is 4.14. The predicted octanol–water partition coefficient (Wildman–Crippen LogP) is 3.11. The molecule has 4 rings (SSSR count). The summed E-state index contributed by atoms with van der Waals surface area (Å²) in [4.78, 5) is 31.2. The topological polar surface area (TPSA) is 98.5 Å². The van der Waals surface area contributed by atoms with E-state index in [0.717, 1.165) is 53.8 Å². The molecule has 9 heteroatoms. The van der Waals surface area contributed by atoms with Gasteiger partial charge in [-0.25, -0.2) is 4.79 Å². The van der Waals surface area contributed by atoms with Gasteiger partial charge in [0.05, 0.1) is 13.2 Å². The van der Waals surface area contributed by atoms with E-state index < -0.39 is 12.1 Å². The number of nitrogens with one attached hydrogen (secondary N) is 4. The fraction of sp³-hybridized carbons (Fsp3) is 0.333. The van der Waals surface area contributed by atoms with Crippen LogP contribution in [0, 0.1) is 0 Å². The Balaban J connectivity index is 1.41. The van der Waals surface area contributed by atoms with Crippen LogP contribution in [0.3, 0.4) is 0 Å². The Kier molecular flexibility index (Phi) is 7.98. The first-order valence-corrected chi connectivity index (χ1v) is 11.8. The third-order valence-electron chi connectivity index (χ3n) is 5.65. The monoisotopic (exact) mass is 513 g/mol. The van der Waals surface area contributed by atoms with E-state index in [4.69, 9.17) is 4.74 Å². The van der Waals surface area contributed by atoms with Crippen molar-refractivity contribution in [1.29, 1.82) is 0 Å². The van der Waals surface area contributed by atoms with Gasteiger partial charge in [0, 0.05) is 59.9 Å². The SMILES string of the molecule is O=C(Nc1ccc(Br)cc1)NC(Cc1c[nH]c2ccccc12)C(=O)NCCN1CCOCC1. The number of para-hydroxylation sites is 1. The Morgan fingerprint density at radius 3 is 2.64 bits per heavy atom. The van der Waals surface area contributed by atoms with Gasteiger partial charge < -0.3 is 25.7 Å². The Hall–Kier alpha value is -2.88. The molecule has 3 aromatic rings. The minimum atomic E-state index is -0.718. The number of aromatic amines is 1. The first kappa shape index (κ1) is 23.3. The number of hydrogen-bond donors (Lipinski definition) is 4. The van der Waals surface area contributed by atoms with E-state index in [1.807, 2.05) is 42.6 Å². The lowest BCUT2D eigenvalue weighted by atomic mass is 10.0. The third-order valence-corrected chi connectivity index (χ3v) is 6.18. The molecule has 174 valence electrons. The van der Waals surface area contributed by atoms with Gasteiger partial charge in [-0.1, -0.05) is 34.1 Å². The maximum Gasteiger partial charge on any atom is 0.319 e. The van der Waals surface area contributed by atoms with Crippen molar-refractivity contribution < 1.29 is 14.3 Å². The number of nitrogens with zero attached hydrogens (tertiary/aromatic N) is 1. The van der Waals surface area contributed by atoms with Crippen LogP contribution in [0.4, 0.5) is 10.5 Å². The highest BCUT2D eigenvalue weighted by molar-refractivity contribution is 9.10. The van der Waals surface area contributed by atoms with Crippen LogP contribution in [0.2, 0.25) is 0 Å². The molecule has 1 aliphatic heterocycles. The molecule has 0 spiro atoms. The second-order valence-corrected chi connectivity index (χ2v) is 8.88. The number of carbonyl (C=O) groups is 2. The van der Waals surface area contributed by atoms with Crippen molar-refractivity contribution in [3.05, 3.63) is 64.8 Å². The Bertz CT molecular complexity index is 1080. The van der Waals surface area contributed by atoms with Gasteiger partial charge in [0.1, 0.15) is 6.04 Å². The van der Waals surface area contributed by atoms with Gasteiger partial charge in [-0.15, -0.1) is 0 Å². The van der Waals surface area contributed by atoms with Crippen LogP contribution < -0.4 is 16.0 Å². The molecule has 0 aliphatic carbocycles. The summed E-state index contributed by atoms with van der Waals surface area (Å²) in [5.74, 6) is -0.209. The van der Waals surface area contributed by atoms with Crippen LogP contribution in [-0.2, 0) is 16.0 Å². The highest BCUT2D eigenvalue weighted by Crippen LogP contribution is 2.19. The second-order valence-electron chi connectivity index (χ2n) is 7.97. The number of aromatic nitrogens is 1. The molecule has 0 saturated carbocycles. The number of hydrogen-bond acceptors (Lipinski definition) is 4. The van der Waals surface area contributed by atoms with Gasteiger partial charge in [-0.05, 0) is 35.9 Å². The Morgan fingerprint density at radius 1 is 1.09 bits per heavy atom. The van der Waals surface area contributed by atoms with E-state index in [0.29, 0.717) is 18.7 Å². The molecular formula is C24H28BrN5O3. The maximum absolute atomic E-state index is 13.1. The van der Waals surface area contributed by atoms with Crippen molar-refractivity contribution in [3.63, 3.8) is 0 Å². The summed E-state index contributed by atoms with van der Waals surface area (Å²) < 4.78 is 6.29. The lowest BCUT2D eigenvalue weighted by Crippen LogP contribution is -2.51. The molecule has 2 aromatic carbocycles. The van der Waals surface area contributed by atoms with Crippen LogP contribution in [0.5, 0.6) is 0 Å². The molecule has 1 saturated heterocycles. The van der Waals surface area contributed by atoms with Crippen LogP contribution in [0.25, 0.3) is 10.9 Å². The number of rotatable bonds is 8. The van der Waals surface area contributed by atoms with Crippen molar-refractivity contribution in [3.8, 4) is 0 Å². The molecule has 0 radical (unpaired) electrons. The van der Waals surface area contributed by atoms with E-state index in [-0.39, 0.29) is 5.91 Å². The number of anilines is 1. The maximum atomic E-state index is 13.1. The first-order chi connectivity index (χ1) is 16.1. The molecule has 33 heavy (non-hydrogen) atoms. The van der Waals surface area contributed by atoms with Crippen molar-refractivity contribution in [2.45, 2.75) is 12.5 Å². The quantitative estimate of drug-likeness (QED) is 0.372. The van der Waals surface area contributed by atoms with Crippen LogP contribution in [0.15, 0.2) is 59.2 Å². The summed E-state index contributed by atoms with van der Waals surface area (Å²) in [6.07, 6.45) is 2.27. The van der Waals surface area contributed by atoms with Crippen molar-refractivity contribution in [2.24, 2.45) is 0 Å². The van der Waals surface area contributed by atoms with E-state index in [2.05, 4.69) is 41.8 Å². The molecular weight excluding hydrogens is 486 g/mol. The van der Waals surface area contributed by atoms with Gasteiger partial charge in [-0.3, -0.25) is 9.69 Å². The number of benzene rings is 2. The van der Waals surface area contributed by atoms with E-state index in [1.54, 1.807) is 12.1 Å². The first-order valence-electron chi connectivity index (χ1n) is 11.0. The average molecular weight is 514 g/mol. The Labute approximate surface area is 201 Å². The zero-order valence-corrected chi connectivity index (χ0v) is 19.9. The van der Waals surface area contributed by atoms with E-state index >= 15 is 0 Å². The molecule has 8 nitrogen and oxygen atoms in total. The summed E-state index contributed by atoms with van der Waals surface area (Å²) in [5, 5.41) is 9.68. The highest BCUT2D eigenvalue weighted by atomic mass is 79.9. The molecule has 1 atom stereocenters. The standard InChI is InChI=1S/C24H28BrN5O3/c25-18-5-7-19(8-6-18)28-24(32)29-22(15-17-16-27-21-4-2-1-3-20(17)21)23(31)26-9-10-30-11-13-33-14-12-30/h1-8,16,22,27H,9-15H2,(H,26,31)(H2,28,29,32). The zero-order valence-electron chi connectivity index (χ0n) is 18.3. The number of fused-ring (bicyclic) bond motifs is 1. The normalized spacial score (nSPS) is 15.2. The molecule has 2 heterocycles. The summed E-state index contributed by atoms with van der Waals surface area (Å²) in [7, 11) is 0. The number of halogens is 1. The van der Waals surface area contributed by atoms with Crippen molar-refractivity contribution >= 4 is 44.5 Å². The lowest BCUT2D eigenvalue weighted by molar-refractivity contribution is -0.122. The van der Waals surface area contributed by atoms with Crippen molar-refractivity contribution in [1.82, 2.24) is 20.5 Å². The minimum Gasteiger partial charge on any atom is -0.379 e. The largest absolute Gasteiger partial charge is 0.379 e. The van der Waals surface area contributed by atoms with Gasteiger partial charge in [-0.2, -0.15) is 0 Å². The van der Waals surface area contributed by atoms with Gasteiger partial charge >= 0.3 is 6.03 Å². The number of carbonyl (C=O) groups excluding carboxylic acids is 2. The number of urea groups is 1. The number of morpholine rings is 1. The number of ether oxygens (including phenoxy) is 1. The lowest BCUT2D eigenvalue weighted by Gasteiger charge is -2.27. The minimum absolute atomic E-state index is 0.209. The molecule has 1 fully saturated rings. The van der Waals surface area contributed by atoms with Crippen molar-refractivity contribution in [2.75, 3.05) is 44.7 Å². The van der Waals surface area contributed by atoms with Gasteiger partial charge in [0.15, 0.2) is 0 Å².